The Labute approximate surface area is 135 Å². The molecule has 2 N–H and O–H groups in total. The number of rotatable bonds is 8. The fourth-order valence-corrected chi connectivity index (χ4v) is 1.84. The van der Waals surface area contributed by atoms with Gasteiger partial charge in [0.05, 0.1) is 5.69 Å². The summed E-state index contributed by atoms with van der Waals surface area (Å²) in [6.45, 7) is 0.965. The third kappa shape index (κ3) is 6.32. The Hall–Kier alpha value is -2.66. The summed E-state index contributed by atoms with van der Waals surface area (Å²) in [7, 11) is 0. The normalized spacial score (nSPS) is 10.7. The van der Waals surface area contributed by atoms with Gasteiger partial charge in [0.1, 0.15) is 12.4 Å². The molecule has 0 aliphatic carbocycles. The van der Waals surface area contributed by atoms with Gasteiger partial charge >= 0.3 is 0 Å². The molecule has 0 saturated carbocycles. The molecule has 5 heteroatoms. The first kappa shape index (κ1) is 16.7. The van der Waals surface area contributed by atoms with Gasteiger partial charge in [0.25, 0.3) is 0 Å². The molecule has 0 saturated heterocycles. The minimum atomic E-state index is -0.172. The minimum absolute atomic E-state index is 0.0734. The lowest BCUT2D eigenvalue weighted by Crippen LogP contribution is -2.22. The Morgan fingerprint density at radius 3 is 2.74 bits per heavy atom. The SMILES string of the molecule is O=C(/C=C/c1ccc(OCc2ccccn2)cc1)NCCCO. The van der Waals surface area contributed by atoms with Crippen LogP contribution in [-0.2, 0) is 11.4 Å². The van der Waals surface area contributed by atoms with Crippen LogP contribution in [0.5, 0.6) is 5.75 Å². The van der Waals surface area contributed by atoms with Crippen LogP contribution >= 0.6 is 0 Å². The van der Waals surface area contributed by atoms with Crippen LogP contribution in [0.3, 0.4) is 0 Å². The number of aromatic nitrogens is 1. The minimum Gasteiger partial charge on any atom is -0.487 e. The number of carbonyl (C=O) groups is 1. The van der Waals surface area contributed by atoms with Gasteiger partial charge in [-0.15, -0.1) is 0 Å². The van der Waals surface area contributed by atoms with E-state index in [1.54, 1.807) is 12.3 Å². The van der Waals surface area contributed by atoms with Gasteiger partial charge in [-0.3, -0.25) is 9.78 Å². The third-order valence-electron chi connectivity index (χ3n) is 3.05. The second kappa shape index (κ2) is 9.38. The highest BCUT2D eigenvalue weighted by Crippen LogP contribution is 2.14. The van der Waals surface area contributed by atoms with Crippen molar-refractivity contribution in [3.63, 3.8) is 0 Å². The number of hydrogen-bond acceptors (Lipinski definition) is 4. The molecule has 120 valence electrons. The lowest BCUT2D eigenvalue weighted by molar-refractivity contribution is -0.116. The highest BCUT2D eigenvalue weighted by molar-refractivity contribution is 5.91. The van der Waals surface area contributed by atoms with Gasteiger partial charge in [0, 0.05) is 25.4 Å². The first-order valence-electron chi connectivity index (χ1n) is 7.47. The second-order valence-corrected chi connectivity index (χ2v) is 4.88. The Kier molecular flexibility index (Phi) is 6.81. The van der Waals surface area contributed by atoms with Gasteiger partial charge in [-0.05, 0) is 42.3 Å². The molecular formula is C18H20N2O3. The molecule has 5 nitrogen and oxygen atoms in total. The molecule has 0 unspecified atom stereocenters. The molecule has 0 aliphatic rings. The maximum atomic E-state index is 11.5. The highest BCUT2D eigenvalue weighted by atomic mass is 16.5. The van der Waals surface area contributed by atoms with Gasteiger partial charge in [-0.2, -0.15) is 0 Å². The van der Waals surface area contributed by atoms with Crippen LogP contribution in [0.1, 0.15) is 17.7 Å². The van der Waals surface area contributed by atoms with Crippen LogP contribution in [0.15, 0.2) is 54.7 Å². The molecule has 23 heavy (non-hydrogen) atoms. The molecule has 0 bridgehead atoms. The van der Waals surface area contributed by atoms with E-state index in [2.05, 4.69) is 10.3 Å². The summed E-state index contributed by atoms with van der Waals surface area (Å²) in [5, 5.41) is 11.3. The summed E-state index contributed by atoms with van der Waals surface area (Å²) in [6, 6.07) is 13.2. The zero-order valence-electron chi connectivity index (χ0n) is 12.8. The summed E-state index contributed by atoms with van der Waals surface area (Å²) >= 11 is 0. The van der Waals surface area contributed by atoms with E-state index in [9.17, 15) is 4.79 Å². The molecule has 1 heterocycles. The number of nitrogens with one attached hydrogen (secondary N) is 1. The largest absolute Gasteiger partial charge is 0.487 e. The van der Waals surface area contributed by atoms with Crippen LogP contribution in [0.4, 0.5) is 0 Å². The summed E-state index contributed by atoms with van der Waals surface area (Å²) in [6.07, 6.45) is 5.50. The van der Waals surface area contributed by atoms with E-state index in [-0.39, 0.29) is 12.5 Å². The van der Waals surface area contributed by atoms with Gasteiger partial charge in [-0.1, -0.05) is 18.2 Å². The van der Waals surface area contributed by atoms with E-state index < -0.39 is 0 Å². The summed E-state index contributed by atoms with van der Waals surface area (Å²) < 4.78 is 5.65. The van der Waals surface area contributed by atoms with Crippen LogP contribution in [0, 0.1) is 0 Å². The first-order valence-corrected chi connectivity index (χ1v) is 7.47. The molecule has 0 radical (unpaired) electrons. The summed E-state index contributed by atoms with van der Waals surface area (Å²) in [5.41, 5.74) is 1.78. The molecule has 0 spiro atoms. The number of aliphatic hydroxyl groups is 1. The zero-order chi connectivity index (χ0) is 16.3. The molecular weight excluding hydrogens is 292 g/mol. The Balaban J connectivity index is 1.81. The Morgan fingerprint density at radius 2 is 2.04 bits per heavy atom. The molecule has 1 aromatic carbocycles. The molecule has 2 rings (SSSR count). The van der Waals surface area contributed by atoms with E-state index in [0.717, 1.165) is 17.0 Å². The predicted molar refractivity (Wildman–Crippen MR) is 88.8 cm³/mol. The number of ether oxygens (including phenoxy) is 1. The third-order valence-corrected chi connectivity index (χ3v) is 3.05. The number of hydrogen-bond donors (Lipinski definition) is 2. The molecule has 0 fully saturated rings. The molecule has 1 aromatic heterocycles. The van der Waals surface area contributed by atoms with Crippen molar-refractivity contribution in [1.82, 2.24) is 10.3 Å². The van der Waals surface area contributed by atoms with E-state index in [1.165, 1.54) is 6.08 Å². The number of aliphatic hydroxyl groups excluding tert-OH is 1. The van der Waals surface area contributed by atoms with Gasteiger partial charge in [0.15, 0.2) is 0 Å². The molecule has 1 amide bonds. The van der Waals surface area contributed by atoms with Gasteiger partial charge in [-0.25, -0.2) is 0 Å². The molecule has 0 atom stereocenters. The maximum absolute atomic E-state index is 11.5. The van der Waals surface area contributed by atoms with Crippen molar-refractivity contribution >= 4 is 12.0 Å². The second-order valence-electron chi connectivity index (χ2n) is 4.88. The van der Waals surface area contributed by atoms with Crippen molar-refractivity contribution in [1.29, 1.82) is 0 Å². The fourth-order valence-electron chi connectivity index (χ4n) is 1.84. The molecule has 0 aliphatic heterocycles. The standard InChI is InChI=1S/C18H20N2O3/c21-13-3-12-20-18(22)10-7-15-5-8-17(9-6-15)23-14-16-4-1-2-11-19-16/h1-2,4-11,21H,3,12-14H2,(H,20,22)/b10-7+. The summed E-state index contributed by atoms with van der Waals surface area (Å²) in [5.74, 6) is 0.578. The lowest BCUT2D eigenvalue weighted by atomic mass is 10.2. The van der Waals surface area contributed by atoms with Gasteiger partial charge < -0.3 is 15.2 Å². The van der Waals surface area contributed by atoms with E-state index in [4.69, 9.17) is 9.84 Å². The van der Waals surface area contributed by atoms with Crippen LogP contribution < -0.4 is 10.1 Å². The zero-order valence-corrected chi connectivity index (χ0v) is 12.8. The summed E-state index contributed by atoms with van der Waals surface area (Å²) in [4.78, 5) is 15.7. The maximum Gasteiger partial charge on any atom is 0.244 e. The van der Waals surface area contributed by atoms with Crippen molar-refractivity contribution in [2.75, 3.05) is 13.2 Å². The van der Waals surface area contributed by atoms with Crippen LogP contribution in [0.2, 0.25) is 0 Å². The quantitative estimate of drug-likeness (QED) is 0.579. The van der Waals surface area contributed by atoms with Crippen molar-refractivity contribution in [2.45, 2.75) is 13.0 Å². The number of carbonyl (C=O) groups excluding carboxylic acids is 1. The van der Waals surface area contributed by atoms with Crippen LogP contribution in [-0.4, -0.2) is 29.1 Å². The van der Waals surface area contributed by atoms with E-state index >= 15 is 0 Å². The average Bonchev–Trinajstić information content (AvgIpc) is 2.60. The van der Waals surface area contributed by atoms with Gasteiger partial charge in [0.2, 0.25) is 5.91 Å². The van der Waals surface area contributed by atoms with E-state index in [0.29, 0.717) is 19.6 Å². The molecule has 2 aromatic rings. The average molecular weight is 312 g/mol. The van der Waals surface area contributed by atoms with Crippen LogP contribution in [0.25, 0.3) is 6.08 Å². The fraction of sp³-hybridized carbons (Fsp3) is 0.222. The van der Waals surface area contributed by atoms with Crippen molar-refractivity contribution < 1.29 is 14.6 Å². The topological polar surface area (TPSA) is 71.5 Å². The first-order chi connectivity index (χ1) is 11.3. The smallest absolute Gasteiger partial charge is 0.244 e. The van der Waals surface area contributed by atoms with Crippen molar-refractivity contribution in [2.24, 2.45) is 0 Å². The van der Waals surface area contributed by atoms with Crippen molar-refractivity contribution in [3.05, 3.63) is 66.0 Å². The van der Waals surface area contributed by atoms with E-state index in [1.807, 2.05) is 42.5 Å². The van der Waals surface area contributed by atoms with Crippen molar-refractivity contribution in [3.8, 4) is 5.75 Å². The lowest BCUT2D eigenvalue weighted by Gasteiger charge is -2.05. The Morgan fingerprint density at radius 1 is 1.22 bits per heavy atom. The monoisotopic (exact) mass is 312 g/mol. The number of pyridine rings is 1. The predicted octanol–water partition coefficient (Wildman–Crippen LogP) is 2.17. The Bertz CT molecular complexity index is 624. The number of benzene rings is 1. The number of nitrogens with zero attached hydrogens (tertiary/aromatic N) is 1. The number of amides is 1. The highest BCUT2D eigenvalue weighted by Gasteiger charge is 1.97.